The molecule has 2 aliphatic rings. The normalized spacial score (nSPS) is 21.0. The number of amides is 1. The van der Waals surface area contributed by atoms with Crippen LogP contribution in [0.3, 0.4) is 0 Å². The van der Waals surface area contributed by atoms with Gasteiger partial charge in [-0.05, 0) is 38.2 Å². The highest BCUT2D eigenvalue weighted by Gasteiger charge is 2.31. The Morgan fingerprint density at radius 2 is 2.17 bits per heavy atom. The summed E-state index contributed by atoms with van der Waals surface area (Å²) in [6, 6.07) is 1.94. The minimum Gasteiger partial charge on any atom is -0.360 e. The number of hydrogen-bond donors (Lipinski definition) is 0. The molecular formula is C17H20N4O2. The van der Waals surface area contributed by atoms with Gasteiger partial charge in [0.1, 0.15) is 12.1 Å². The van der Waals surface area contributed by atoms with Gasteiger partial charge < -0.3 is 9.42 Å². The van der Waals surface area contributed by atoms with Crippen LogP contribution >= 0.6 is 0 Å². The zero-order valence-electron chi connectivity index (χ0n) is 13.1. The summed E-state index contributed by atoms with van der Waals surface area (Å²) in [6.45, 7) is 1.47. The van der Waals surface area contributed by atoms with E-state index in [1.165, 1.54) is 0 Å². The van der Waals surface area contributed by atoms with Crippen molar-refractivity contribution >= 4 is 5.91 Å². The Labute approximate surface area is 134 Å². The first-order valence-corrected chi connectivity index (χ1v) is 8.35. The van der Waals surface area contributed by atoms with Crippen molar-refractivity contribution in [2.45, 2.75) is 44.4 Å². The van der Waals surface area contributed by atoms with E-state index < -0.39 is 0 Å². The molecule has 1 aliphatic carbocycles. The summed E-state index contributed by atoms with van der Waals surface area (Å²) in [7, 11) is 0. The standard InChI is InChI=1S/C17H20N4O2/c22-17(16-13-5-1-2-6-15(13)23-20-16)21-9-3-4-12(10-21)14-7-8-18-11-19-14/h7-8,11-12H,1-6,9-10H2/t12-/m0/s1. The second kappa shape index (κ2) is 6.10. The van der Waals surface area contributed by atoms with Crippen LogP contribution in [-0.2, 0) is 12.8 Å². The fraction of sp³-hybridized carbons (Fsp3) is 0.529. The molecule has 0 N–H and O–H groups in total. The molecule has 2 aromatic rings. The Hall–Kier alpha value is -2.24. The molecule has 1 atom stereocenters. The van der Waals surface area contributed by atoms with Crippen molar-refractivity contribution in [3.8, 4) is 0 Å². The summed E-state index contributed by atoms with van der Waals surface area (Å²) < 4.78 is 5.39. The average Bonchev–Trinajstić information content (AvgIpc) is 3.06. The van der Waals surface area contributed by atoms with Gasteiger partial charge in [-0.15, -0.1) is 0 Å². The van der Waals surface area contributed by atoms with Gasteiger partial charge in [0, 0.05) is 42.9 Å². The summed E-state index contributed by atoms with van der Waals surface area (Å²) in [6.07, 6.45) is 9.41. The smallest absolute Gasteiger partial charge is 0.276 e. The van der Waals surface area contributed by atoms with Crippen molar-refractivity contribution in [2.24, 2.45) is 0 Å². The number of aromatic nitrogens is 3. The minimum absolute atomic E-state index is 0.00987. The lowest BCUT2D eigenvalue weighted by Crippen LogP contribution is -2.39. The molecule has 2 aromatic heterocycles. The van der Waals surface area contributed by atoms with Gasteiger partial charge in [0.25, 0.3) is 5.91 Å². The molecule has 1 amide bonds. The van der Waals surface area contributed by atoms with Gasteiger partial charge >= 0.3 is 0 Å². The number of hydrogen-bond acceptors (Lipinski definition) is 5. The van der Waals surface area contributed by atoms with Crippen LogP contribution in [0.25, 0.3) is 0 Å². The third kappa shape index (κ3) is 2.73. The molecule has 6 heteroatoms. The van der Waals surface area contributed by atoms with Crippen molar-refractivity contribution < 1.29 is 9.32 Å². The third-order valence-electron chi connectivity index (χ3n) is 4.88. The van der Waals surface area contributed by atoms with Crippen LogP contribution in [0, 0.1) is 0 Å². The van der Waals surface area contributed by atoms with Crippen LogP contribution in [-0.4, -0.2) is 39.0 Å². The molecule has 0 unspecified atom stereocenters. The highest BCUT2D eigenvalue weighted by atomic mass is 16.5. The van der Waals surface area contributed by atoms with Crippen LogP contribution in [0.15, 0.2) is 23.1 Å². The van der Waals surface area contributed by atoms with Crippen LogP contribution in [0.4, 0.5) is 0 Å². The maximum Gasteiger partial charge on any atom is 0.276 e. The van der Waals surface area contributed by atoms with Gasteiger partial charge in [-0.1, -0.05) is 5.16 Å². The van der Waals surface area contributed by atoms with E-state index in [1.807, 2.05) is 11.0 Å². The molecule has 3 heterocycles. The second-order valence-corrected chi connectivity index (χ2v) is 6.36. The summed E-state index contributed by atoms with van der Waals surface area (Å²) >= 11 is 0. The fourth-order valence-electron chi connectivity index (χ4n) is 3.65. The minimum atomic E-state index is 0.00987. The molecule has 120 valence electrons. The predicted octanol–water partition coefficient (Wildman–Crippen LogP) is 2.36. The zero-order chi connectivity index (χ0) is 15.6. The average molecular weight is 312 g/mol. The van der Waals surface area contributed by atoms with E-state index in [2.05, 4.69) is 15.1 Å². The first-order chi connectivity index (χ1) is 11.3. The Bertz CT molecular complexity index is 698. The fourth-order valence-corrected chi connectivity index (χ4v) is 3.65. The predicted molar refractivity (Wildman–Crippen MR) is 83.1 cm³/mol. The SMILES string of the molecule is O=C(c1noc2c1CCCC2)N1CCC[C@H](c2ccncn2)C1. The zero-order valence-corrected chi connectivity index (χ0v) is 13.1. The first kappa shape index (κ1) is 14.4. The van der Waals surface area contributed by atoms with Crippen LogP contribution in [0.2, 0.25) is 0 Å². The molecule has 1 aliphatic heterocycles. The Morgan fingerprint density at radius 1 is 1.26 bits per heavy atom. The lowest BCUT2D eigenvalue weighted by atomic mass is 9.93. The first-order valence-electron chi connectivity index (χ1n) is 8.35. The maximum atomic E-state index is 12.9. The van der Waals surface area contributed by atoms with Crippen molar-refractivity contribution in [2.75, 3.05) is 13.1 Å². The Morgan fingerprint density at radius 3 is 3.04 bits per heavy atom. The van der Waals surface area contributed by atoms with Gasteiger partial charge in [-0.3, -0.25) is 4.79 Å². The van der Waals surface area contributed by atoms with E-state index in [0.29, 0.717) is 12.2 Å². The van der Waals surface area contributed by atoms with Crippen LogP contribution < -0.4 is 0 Å². The van der Waals surface area contributed by atoms with Gasteiger partial charge in [-0.2, -0.15) is 0 Å². The number of nitrogens with zero attached hydrogens (tertiary/aromatic N) is 4. The van der Waals surface area contributed by atoms with E-state index in [1.54, 1.807) is 12.5 Å². The van der Waals surface area contributed by atoms with Gasteiger partial charge in [0.2, 0.25) is 0 Å². The number of piperidine rings is 1. The Balaban J connectivity index is 1.53. The van der Waals surface area contributed by atoms with E-state index in [4.69, 9.17) is 4.52 Å². The van der Waals surface area contributed by atoms with E-state index in [9.17, 15) is 4.79 Å². The molecule has 0 saturated carbocycles. The van der Waals surface area contributed by atoms with E-state index in [0.717, 1.165) is 62.1 Å². The maximum absolute atomic E-state index is 12.9. The van der Waals surface area contributed by atoms with E-state index in [-0.39, 0.29) is 11.8 Å². The van der Waals surface area contributed by atoms with Gasteiger partial charge in [0.15, 0.2) is 5.69 Å². The molecule has 0 bridgehead atoms. The largest absolute Gasteiger partial charge is 0.360 e. The third-order valence-corrected chi connectivity index (χ3v) is 4.88. The molecule has 1 saturated heterocycles. The van der Waals surface area contributed by atoms with Gasteiger partial charge in [0.05, 0.1) is 0 Å². The second-order valence-electron chi connectivity index (χ2n) is 6.36. The molecular weight excluding hydrogens is 292 g/mol. The van der Waals surface area contributed by atoms with Crippen LogP contribution in [0.1, 0.15) is 59.1 Å². The monoisotopic (exact) mass is 312 g/mol. The molecule has 0 aromatic carbocycles. The summed E-state index contributed by atoms with van der Waals surface area (Å²) in [5, 5.41) is 4.08. The molecule has 0 spiro atoms. The number of carbonyl (C=O) groups excluding carboxylic acids is 1. The number of fused-ring (bicyclic) bond motifs is 1. The number of carbonyl (C=O) groups is 1. The molecule has 0 radical (unpaired) electrons. The molecule has 1 fully saturated rings. The number of rotatable bonds is 2. The van der Waals surface area contributed by atoms with Gasteiger partial charge in [-0.25, -0.2) is 9.97 Å². The number of aryl methyl sites for hydroxylation is 1. The molecule has 23 heavy (non-hydrogen) atoms. The number of likely N-dealkylation sites (tertiary alicyclic amines) is 1. The van der Waals surface area contributed by atoms with Crippen LogP contribution in [0.5, 0.6) is 0 Å². The highest BCUT2D eigenvalue weighted by molar-refractivity contribution is 5.94. The summed E-state index contributed by atoms with van der Waals surface area (Å²) in [5.74, 6) is 1.19. The molecule has 6 nitrogen and oxygen atoms in total. The van der Waals surface area contributed by atoms with E-state index >= 15 is 0 Å². The topological polar surface area (TPSA) is 72.1 Å². The van der Waals surface area contributed by atoms with Crippen molar-refractivity contribution in [1.29, 1.82) is 0 Å². The highest BCUT2D eigenvalue weighted by Crippen LogP contribution is 2.29. The van der Waals surface area contributed by atoms with Crippen molar-refractivity contribution in [1.82, 2.24) is 20.0 Å². The lowest BCUT2D eigenvalue weighted by Gasteiger charge is -2.32. The summed E-state index contributed by atoms with van der Waals surface area (Å²) in [5.41, 5.74) is 2.58. The molecule has 4 rings (SSSR count). The Kier molecular flexibility index (Phi) is 3.81. The van der Waals surface area contributed by atoms with Crippen molar-refractivity contribution in [3.63, 3.8) is 0 Å². The van der Waals surface area contributed by atoms with Crippen molar-refractivity contribution in [3.05, 3.63) is 41.3 Å². The quantitative estimate of drug-likeness (QED) is 0.851. The summed E-state index contributed by atoms with van der Waals surface area (Å²) in [4.78, 5) is 23.1. The lowest BCUT2D eigenvalue weighted by molar-refractivity contribution is 0.0694.